The van der Waals surface area contributed by atoms with Crippen LogP contribution < -0.4 is 20.1 Å². The van der Waals surface area contributed by atoms with Crippen molar-refractivity contribution in [2.75, 3.05) is 23.6 Å². The molecule has 4 rings (SSSR count). The highest BCUT2D eigenvalue weighted by molar-refractivity contribution is 7.91. The summed E-state index contributed by atoms with van der Waals surface area (Å²) in [6, 6.07) is 6.72. The molecule has 0 aliphatic carbocycles. The van der Waals surface area contributed by atoms with Crippen LogP contribution in [0.4, 0.5) is 5.95 Å². The van der Waals surface area contributed by atoms with E-state index in [1.807, 2.05) is 18.2 Å². The number of fused-ring (bicyclic) bond motifs is 1. The number of rotatable bonds is 5. The molecule has 9 nitrogen and oxygen atoms in total. The minimum Gasteiger partial charge on any atom is -0.454 e. The van der Waals surface area contributed by atoms with Gasteiger partial charge >= 0.3 is 0 Å². The third-order valence-corrected chi connectivity index (χ3v) is 6.11. The summed E-state index contributed by atoms with van der Waals surface area (Å²) >= 11 is 0. The van der Waals surface area contributed by atoms with Gasteiger partial charge in [-0.2, -0.15) is 0 Å². The van der Waals surface area contributed by atoms with E-state index in [1.54, 1.807) is 0 Å². The fourth-order valence-electron chi connectivity index (χ4n) is 2.97. The SMILES string of the molecule is O=C(NC1CCS(=O)(=O)C1)c1ccnc(NCc2ccc3c(c2)OCO3)n1. The van der Waals surface area contributed by atoms with Crippen LogP contribution >= 0.6 is 0 Å². The lowest BCUT2D eigenvalue weighted by atomic mass is 10.2. The van der Waals surface area contributed by atoms with Gasteiger partial charge < -0.3 is 20.1 Å². The van der Waals surface area contributed by atoms with Gasteiger partial charge in [0.2, 0.25) is 12.7 Å². The van der Waals surface area contributed by atoms with E-state index in [4.69, 9.17) is 9.47 Å². The first-order valence-electron chi connectivity index (χ1n) is 8.45. The van der Waals surface area contributed by atoms with Crippen molar-refractivity contribution >= 4 is 21.7 Å². The van der Waals surface area contributed by atoms with Gasteiger partial charge in [-0.3, -0.25) is 4.79 Å². The second-order valence-electron chi connectivity index (χ2n) is 6.38. The standard InChI is InChI=1S/C17H18N4O5S/c22-16(20-12-4-6-27(23,24)9-12)13-3-5-18-17(21-13)19-8-11-1-2-14-15(7-11)26-10-25-14/h1-3,5,7,12H,4,6,8-10H2,(H,20,22)(H,18,19,21). The number of carbonyl (C=O) groups is 1. The second kappa shape index (κ2) is 7.03. The fraction of sp³-hybridized carbons (Fsp3) is 0.353. The first kappa shape index (κ1) is 17.5. The van der Waals surface area contributed by atoms with Crippen LogP contribution in [-0.2, 0) is 16.4 Å². The van der Waals surface area contributed by atoms with Crippen LogP contribution in [0.3, 0.4) is 0 Å². The van der Waals surface area contributed by atoms with Gasteiger partial charge in [-0.15, -0.1) is 0 Å². The molecule has 1 saturated heterocycles. The van der Waals surface area contributed by atoms with Gasteiger partial charge in [0.15, 0.2) is 21.3 Å². The summed E-state index contributed by atoms with van der Waals surface area (Å²) in [4.78, 5) is 20.6. The zero-order valence-corrected chi connectivity index (χ0v) is 15.2. The summed E-state index contributed by atoms with van der Waals surface area (Å²) in [5, 5.41) is 5.77. The number of amides is 1. The minimum absolute atomic E-state index is 0.0287. The lowest BCUT2D eigenvalue weighted by Crippen LogP contribution is -2.36. The van der Waals surface area contributed by atoms with Gasteiger partial charge in [-0.25, -0.2) is 18.4 Å². The summed E-state index contributed by atoms with van der Waals surface area (Å²) in [5.74, 6) is 1.37. The third kappa shape index (κ3) is 4.11. The van der Waals surface area contributed by atoms with Crippen LogP contribution in [0.5, 0.6) is 11.5 Å². The molecule has 0 radical (unpaired) electrons. The van der Waals surface area contributed by atoms with Crippen LogP contribution in [-0.4, -0.2) is 48.6 Å². The molecule has 0 saturated carbocycles. The average Bonchev–Trinajstić information content (AvgIpc) is 3.25. The average molecular weight is 390 g/mol. The molecule has 2 aromatic rings. The Kier molecular flexibility index (Phi) is 4.56. The maximum absolute atomic E-state index is 12.3. The summed E-state index contributed by atoms with van der Waals surface area (Å²) in [7, 11) is -3.05. The van der Waals surface area contributed by atoms with E-state index < -0.39 is 15.7 Å². The smallest absolute Gasteiger partial charge is 0.270 e. The molecule has 1 aromatic heterocycles. The number of hydrogen-bond donors (Lipinski definition) is 2. The first-order valence-corrected chi connectivity index (χ1v) is 10.3. The van der Waals surface area contributed by atoms with Gasteiger partial charge in [-0.05, 0) is 30.2 Å². The molecule has 3 heterocycles. The molecule has 0 spiro atoms. The number of carbonyl (C=O) groups excluding carboxylic acids is 1. The summed E-state index contributed by atoms with van der Waals surface area (Å²) < 4.78 is 33.6. The van der Waals surface area contributed by atoms with E-state index in [1.165, 1.54) is 12.3 Å². The third-order valence-electron chi connectivity index (χ3n) is 4.34. The molecule has 1 unspecified atom stereocenters. The molecule has 1 aromatic carbocycles. The van der Waals surface area contributed by atoms with Gasteiger partial charge in [0.05, 0.1) is 11.5 Å². The molecule has 1 fully saturated rings. The van der Waals surface area contributed by atoms with E-state index in [2.05, 4.69) is 20.6 Å². The van der Waals surface area contributed by atoms with Crippen molar-refractivity contribution in [2.24, 2.45) is 0 Å². The Labute approximate surface area is 156 Å². The van der Waals surface area contributed by atoms with Crippen molar-refractivity contribution in [1.29, 1.82) is 0 Å². The second-order valence-corrected chi connectivity index (χ2v) is 8.61. The predicted octanol–water partition coefficient (Wildman–Crippen LogP) is 0.734. The van der Waals surface area contributed by atoms with Crippen LogP contribution in [0, 0.1) is 0 Å². The molecule has 2 N–H and O–H groups in total. The molecule has 27 heavy (non-hydrogen) atoms. The number of aromatic nitrogens is 2. The molecule has 1 amide bonds. The minimum atomic E-state index is -3.05. The van der Waals surface area contributed by atoms with Crippen molar-refractivity contribution in [3.05, 3.63) is 41.7 Å². The number of hydrogen-bond acceptors (Lipinski definition) is 8. The zero-order valence-electron chi connectivity index (χ0n) is 14.3. The number of benzene rings is 1. The van der Waals surface area contributed by atoms with Crippen LogP contribution in [0.15, 0.2) is 30.5 Å². The van der Waals surface area contributed by atoms with Crippen LogP contribution in [0.2, 0.25) is 0 Å². The van der Waals surface area contributed by atoms with Crippen LogP contribution in [0.25, 0.3) is 0 Å². The number of nitrogens with zero attached hydrogens (tertiary/aromatic N) is 2. The predicted molar refractivity (Wildman–Crippen MR) is 96.4 cm³/mol. The molecular weight excluding hydrogens is 372 g/mol. The van der Waals surface area contributed by atoms with Crippen molar-refractivity contribution in [3.8, 4) is 11.5 Å². The summed E-state index contributed by atoms with van der Waals surface area (Å²) in [6.07, 6.45) is 1.91. The van der Waals surface area contributed by atoms with E-state index in [-0.39, 0.29) is 30.0 Å². The van der Waals surface area contributed by atoms with E-state index in [0.29, 0.717) is 30.4 Å². The highest BCUT2D eigenvalue weighted by atomic mass is 32.2. The Morgan fingerprint density at radius 1 is 1.22 bits per heavy atom. The highest BCUT2D eigenvalue weighted by Gasteiger charge is 2.29. The molecule has 2 aliphatic heterocycles. The lowest BCUT2D eigenvalue weighted by molar-refractivity contribution is 0.0936. The normalized spacial score (nSPS) is 19.6. The Hall–Kier alpha value is -2.88. The highest BCUT2D eigenvalue weighted by Crippen LogP contribution is 2.32. The number of ether oxygens (including phenoxy) is 2. The van der Waals surface area contributed by atoms with E-state index >= 15 is 0 Å². The van der Waals surface area contributed by atoms with Gasteiger partial charge in [-0.1, -0.05) is 6.07 Å². The topological polar surface area (TPSA) is 120 Å². The molecule has 10 heteroatoms. The number of anilines is 1. The Balaban J connectivity index is 1.38. The van der Waals surface area contributed by atoms with Crippen molar-refractivity contribution in [2.45, 2.75) is 19.0 Å². The van der Waals surface area contributed by atoms with E-state index in [9.17, 15) is 13.2 Å². The van der Waals surface area contributed by atoms with Crippen molar-refractivity contribution < 1.29 is 22.7 Å². The zero-order chi connectivity index (χ0) is 18.9. The van der Waals surface area contributed by atoms with E-state index in [0.717, 1.165) is 5.56 Å². The summed E-state index contributed by atoms with van der Waals surface area (Å²) in [6.45, 7) is 0.664. The number of sulfone groups is 1. The lowest BCUT2D eigenvalue weighted by Gasteiger charge is -2.11. The molecule has 2 aliphatic rings. The van der Waals surface area contributed by atoms with Crippen molar-refractivity contribution in [3.63, 3.8) is 0 Å². The maximum atomic E-state index is 12.3. The summed E-state index contributed by atoms with van der Waals surface area (Å²) in [5.41, 5.74) is 1.14. The van der Waals surface area contributed by atoms with Gasteiger partial charge in [0.1, 0.15) is 5.69 Å². The largest absolute Gasteiger partial charge is 0.454 e. The number of nitrogens with one attached hydrogen (secondary N) is 2. The molecule has 142 valence electrons. The Bertz CT molecular complexity index is 979. The molecule has 1 atom stereocenters. The van der Waals surface area contributed by atoms with Crippen LogP contribution in [0.1, 0.15) is 22.5 Å². The molecule has 0 bridgehead atoms. The van der Waals surface area contributed by atoms with Gasteiger partial charge in [0.25, 0.3) is 5.91 Å². The maximum Gasteiger partial charge on any atom is 0.270 e. The first-order chi connectivity index (χ1) is 13.0. The monoisotopic (exact) mass is 390 g/mol. The molecular formula is C17H18N4O5S. The quantitative estimate of drug-likeness (QED) is 0.767. The Morgan fingerprint density at radius 3 is 2.89 bits per heavy atom. The Morgan fingerprint density at radius 2 is 2.07 bits per heavy atom. The fourth-order valence-corrected chi connectivity index (χ4v) is 4.64. The van der Waals surface area contributed by atoms with Gasteiger partial charge in [0, 0.05) is 18.8 Å². The van der Waals surface area contributed by atoms with Crippen molar-refractivity contribution in [1.82, 2.24) is 15.3 Å².